The lowest BCUT2D eigenvalue weighted by atomic mass is 10.2. The summed E-state index contributed by atoms with van der Waals surface area (Å²) in [5, 5.41) is 16.4. The van der Waals surface area contributed by atoms with E-state index in [0.29, 0.717) is 19.1 Å². The van der Waals surface area contributed by atoms with Crippen molar-refractivity contribution in [3.63, 3.8) is 0 Å². The molecule has 0 fully saturated rings. The van der Waals surface area contributed by atoms with E-state index in [9.17, 15) is 0 Å². The van der Waals surface area contributed by atoms with Crippen LogP contribution in [0.3, 0.4) is 0 Å². The SMILES string of the molecule is CC(C)Cn1cc(COCCO)nn1. The first kappa shape index (κ1) is 11.1. The van der Waals surface area contributed by atoms with Gasteiger partial charge in [0.1, 0.15) is 5.69 Å². The smallest absolute Gasteiger partial charge is 0.108 e. The second-order valence-electron chi connectivity index (χ2n) is 3.60. The summed E-state index contributed by atoms with van der Waals surface area (Å²) in [5.41, 5.74) is 0.805. The molecular formula is C9H17N3O2. The van der Waals surface area contributed by atoms with E-state index in [4.69, 9.17) is 9.84 Å². The molecule has 14 heavy (non-hydrogen) atoms. The molecule has 0 saturated heterocycles. The summed E-state index contributed by atoms with van der Waals surface area (Å²) >= 11 is 0. The Labute approximate surface area is 83.7 Å². The molecular weight excluding hydrogens is 182 g/mol. The minimum Gasteiger partial charge on any atom is -0.394 e. The van der Waals surface area contributed by atoms with Crippen LogP contribution in [0.1, 0.15) is 19.5 Å². The highest BCUT2D eigenvalue weighted by Crippen LogP contribution is 2.00. The fourth-order valence-corrected chi connectivity index (χ4v) is 1.11. The molecule has 0 bridgehead atoms. The van der Waals surface area contributed by atoms with Gasteiger partial charge in [0.05, 0.1) is 26.0 Å². The molecule has 80 valence electrons. The number of hydrogen-bond acceptors (Lipinski definition) is 4. The van der Waals surface area contributed by atoms with Crippen LogP contribution in [-0.4, -0.2) is 33.3 Å². The number of hydrogen-bond donors (Lipinski definition) is 1. The van der Waals surface area contributed by atoms with Gasteiger partial charge < -0.3 is 9.84 Å². The van der Waals surface area contributed by atoms with Crippen molar-refractivity contribution in [2.24, 2.45) is 5.92 Å². The molecule has 0 amide bonds. The fraction of sp³-hybridized carbons (Fsp3) is 0.778. The van der Waals surface area contributed by atoms with Crippen LogP contribution < -0.4 is 0 Å². The number of aromatic nitrogens is 3. The molecule has 1 aromatic heterocycles. The molecule has 1 heterocycles. The van der Waals surface area contributed by atoms with Gasteiger partial charge in [0.15, 0.2) is 0 Å². The van der Waals surface area contributed by atoms with Gasteiger partial charge in [-0.1, -0.05) is 19.1 Å². The number of ether oxygens (including phenoxy) is 1. The van der Waals surface area contributed by atoms with Crippen molar-refractivity contribution in [1.29, 1.82) is 0 Å². The van der Waals surface area contributed by atoms with Crippen LogP contribution >= 0.6 is 0 Å². The second-order valence-corrected chi connectivity index (χ2v) is 3.60. The number of aliphatic hydroxyl groups excluding tert-OH is 1. The quantitative estimate of drug-likeness (QED) is 0.675. The molecule has 5 nitrogen and oxygen atoms in total. The maximum atomic E-state index is 8.50. The van der Waals surface area contributed by atoms with Crippen LogP contribution in [0, 0.1) is 5.92 Å². The highest BCUT2D eigenvalue weighted by atomic mass is 16.5. The Kier molecular flexibility index (Phi) is 4.55. The Balaban J connectivity index is 2.35. The molecule has 1 rings (SSSR count). The third kappa shape index (κ3) is 3.85. The predicted molar refractivity (Wildman–Crippen MR) is 51.6 cm³/mol. The Morgan fingerprint density at radius 3 is 3.00 bits per heavy atom. The van der Waals surface area contributed by atoms with Gasteiger partial charge in [0.2, 0.25) is 0 Å². The van der Waals surface area contributed by atoms with Crippen molar-refractivity contribution in [3.8, 4) is 0 Å². The molecule has 1 aromatic rings. The van der Waals surface area contributed by atoms with E-state index in [1.807, 2.05) is 10.9 Å². The van der Waals surface area contributed by atoms with Crippen molar-refractivity contribution in [1.82, 2.24) is 15.0 Å². The van der Waals surface area contributed by atoms with Gasteiger partial charge in [0.25, 0.3) is 0 Å². The van der Waals surface area contributed by atoms with Gasteiger partial charge in [-0.25, -0.2) is 0 Å². The number of rotatable bonds is 6. The third-order valence-corrected chi connectivity index (χ3v) is 1.62. The van der Waals surface area contributed by atoms with Crippen molar-refractivity contribution in [3.05, 3.63) is 11.9 Å². The van der Waals surface area contributed by atoms with E-state index in [2.05, 4.69) is 24.2 Å². The van der Waals surface area contributed by atoms with Crippen LogP contribution in [0.25, 0.3) is 0 Å². The lowest BCUT2D eigenvalue weighted by molar-refractivity contribution is 0.0796. The van der Waals surface area contributed by atoms with Crippen molar-refractivity contribution in [2.75, 3.05) is 13.2 Å². The van der Waals surface area contributed by atoms with Crippen LogP contribution in [0.4, 0.5) is 0 Å². The number of aliphatic hydroxyl groups is 1. The fourth-order valence-electron chi connectivity index (χ4n) is 1.11. The van der Waals surface area contributed by atoms with E-state index in [1.165, 1.54) is 0 Å². The average molecular weight is 199 g/mol. The highest BCUT2D eigenvalue weighted by Gasteiger charge is 2.02. The van der Waals surface area contributed by atoms with Gasteiger partial charge in [-0.15, -0.1) is 5.10 Å². The molecule has 0 aliphatic rings. The maximum absolute atomic E-state index is 8.50. The standard InChI is InChI=1S/C9H17N3O2/c1-8(2)5-12-6-9(10-11-12)7-14-4-3-13/h6,8,13H,3-5,7H2,1-2H3. The molecule has 0 spiro atoms. The molecule has 0 atom stereocenters. The number of nitrogens with zero attached hydrogens (tertiary/aromatic N) is 3. The molecule has 5 heteroatoms. The van der Waals surface area contributed by atoms with Crippen molar-refractivity contribution < 1.29 is 9.84 Å². The Morgan fingerprint density at radius 1 is 1.57 bits per heavy atom. The normalized spacial score (nSPS) is 11.1. The topological polar surface area (TPSA) is 60.2 Å². The second kappa shape index (κ2) is 5.72. The largest absolute Gasteiger partial charge is 0.394 e. The summed E-state index contributed by atoms with van der Waals surface area (Å²) in [6.07, 6.45) is 1.87. The van der Waals surface area contributed by atoms with Gasteiger partial charge in [-0.05, 0) is 5.92 Å². The molecule has 0 radical (unpaired) electrons. The summed E-state index contributed by atoms with van der Waals surface area (Å²) in [6, 6.07) is 0. The van der Waals surface area contributed by atoms with Crippen LogP contribution in [0.5, 0.6) is 0 Å². The highest BCUT2D eigenvalue weighted by molar-refractivity contribution is 4.89. The molecule has 0 aliphatic carbocycles. The van der Waals surface area contributed by atoms with Crippen LogP contribution in [-0.2, 0) is 17.9 Å². The van der Waals surface area contributed by atoms with E-state index in [-0.39, 0.29) is 6.61 Å². The first-order valence-electron chi connectivity index (χ1n) is 4.80. The molecule has 0 saturated carbocycles. The minimum atomic E-state index is 0.0418. The van der Waals surface area contributed by atoms with Gasteiger partial charge in [-0.2, -0.15) is 0 Å². The van der Waals surface area contributed by atoms with Crippen LogP contribution in [0.15, 0.2) is 6.20 Å². The Bertz CT molecular complexity index is 260. The van der Waals surface area contributed by atoms with E-state index >= 15 is 0 Å². The van der Waals surface area contributed by atoms with Gasteiger partial charge in [0, 0.05) is 6.54 Å². The van der Waals surface area contributed by atoms with E-state index in [0.717, 1.165) is 12.2 Å². The molecule has 0 aromatic carbocycles. The van der Waals surface area contributed by atoms with Crippen molar-refractivity contribution >= 4 is 0 Å². The lowest BCUT2D eigenvalue weighted by Crippen LogP contribution is -2.04. The van der Waals surface area contributed by atoms with E-state index < -0.39 is 0 Å². The van der Waals surface area contributed by atoms with Gasteiger partial charge >= 0.3 is 0 Å². The molecule has 1 N–H and O–H groups in total. The third-order valence-electron chi connectivity index (χ3n) is 1.62. The first-order valence-corrected chi connectivity index (χ1v) is 4.80. The maximum Gasteiger partial charge on any atom is 0.108 e. The van der Waals surface area contributed by atoms with Crippen molar-refractivity contribution in [2.45, 2.75) is 27.0 Å². The molecule has 0 unspecified atom stereocenters. The average Bonchev–Trinajstić information content (AvgIpc) is 2.52. The zero-order valence-corrected chi connectivity index (χ0v) is 8.68. The summed E-state index contributed by atoms with van der Waals surface area (Å²) in [6.45, 7) is 5.93. The first-order chi connectivity index (χ1) is 6.72. The summed E-state index contributed by atoms with van der Waals surface area (Å²) in [4.78, 5) is 0. The summed E-state index contributed by atoms with van der Waals surface area (Å²) < 4.78 is 6.93. The zero-order chi connectivity index (χ0) is 10.4. The zero-order valence-electron chi connectivity index (χ0n) is 8.68. The Morgan fingerprint density at radius 2 is 2.36 bits per heavy atom. The van der Waals surface area contributed by atoms with Gasteiger partial charge in [-0.3, -0.25) is 4.68 Å². The monoisotopic (exact) mass is 199 g/mol. The summed E-state index contributed by atoms with van der Waals surface area (Å²) in [5.74, 6) is 0.558. The lowest BCUT2D eigenvalue weighted by Gasteiger charge is -2.02. The predicted octanol–water partition coefficient (Wildman–Crippen LogP) is 0.443. The minimum absolute atomic E-state index is 0.0418. The molecule has 0 aliphatic heterocycles. The summed E-state index contributed by atoms with van der Waals surface area (Å²) in [7, 11) is 0. The Hall–Kier alpha value is -0.940. The van der Waals surface area contributed by atoms with Crippen LogP contribution in [0.2, 0.25) is 0 Å². The van der Waals surface area contributed by atoms with E-state index in [1.54, 1.807) is 0 Å².